The molecule has 4 heteroatoms. The van der Waals surface area contributed by atoms with Gasteiger partial charge in [0, 0.05) is 25.7 Å². The number of likely N-dealkylation sites (tertiary alicyclic amines) is 2. The van der Waals surface area contributed by atoms with Gasteiger partial charge in [-0.25, -0.2) is 0 Å². The second kappa shape index (κ2) is 7.85. The number of hydrogen-bond acceptors (Lipinski definition) is 3. The van der Waals surface area contributed by atoms with E-state index < -0.39 is 0 Å². The van der Waals surface area contributed by atoms with Gasteiger partial charge in [-0.1, -0.05) is 19.3 Å². The van der Waals surface area contributed by atoms with Crippen LogP contribution >= 0.6 is 0 Å². The Balaban J connectivity index is 1.78. The molecule has 0 saturated carbocycles. The van der Waals surface area contributed by atoms with Crippen LogP contribution in [-0.2, 0) is 4.79 Å². The quantitative estimate of drug-likeness (QED) is 0.841. The van der Waals surface area contributed by atoms with Gasteiger partial charge < -0.3 is 10.2 Å². The van der Waals surface area contributed by atoms with Crippen LogP contribution in [0.15, 0.2) is 0 Å². The van der Waals surface area contributed by atoms with Crippen LogP contribution in [0.4, 0.5) is 0 Å². The van der Waals surface area contributed by atoms with Crippen molar-refractivity contribution in [3.05, 3.63) is 0 Å². The molecule has 0 bridgehead atoms. The average Bonchev–Trinajstić information content (AvgIpc) is 2.38. The number of hydrogen-bond donors (Lipinski definition) is 1. The molecular formula is C15H29N3O. The molecule has 0 aromatic rings. The number of nitrogens with zero attached hydrogens (tertiary/aromatic N) is 2. The summed E-state index contributed by atoms with van der Waals surface area (Å²) >= 11 is 0. The summed E-state index contributed by atoms with van der Waals surface area (Å²) in [5.41, 5.74) is 0. The van der Waals surface area contributed by atoms with E-state index in [2.05, 4.69) is 15.1 Å². The Kier molecular flexibility index (Phi) is 6.11. The monoisotopic (exact) mass is 267 g/mol. The molecule has 4 nitrogen and oxygen atoms in total. The zero-order chi connectivity index (χ0) is 13.5. The first kappa shape index (κ1) is 14.8. The lowest BCUT2D eigenvalue weighted by Gasteiger charge is -2.34. The van der Waals surface area contributed by atoms with E-state index in [9.17, 15) is 4.79 Å². The molecule has 1 amide bonds. The maximum Gasteiger partial charge on any atom is 0.236 e. The van der Waals surface area contributed by atoms with Crippen LogP contribution in [0.2, 0.25) is 0 Å². The van der Waals surface area contributed by atoms with E-state index >= 15 is 0 Å². The van der Waals surface area contributed by atoms with Crippen LogP contribution in [0.1, 0.15) is 44.9 Å². The summed E-state index contributed by atoms with van der Waals surface area (Å²) < 4.78 is 0. The Hall–Kier alpha value is -0.610. The molecule has 1 atom stereocenters. The molecule has 1 N–H and O–H groups in total. The smallest absolute Gasteiger partial charge is 0.236 e. The Morgan fingerprint density at radius 2 is 1.74 bits per heavy atom. The van der Waals surface area contributed by atoms with E-state index in [1.54, 1.807) is 0 Å². The lowest BCUT2D eigenvalue weighted by molar-refractivity contribution is -0.133. The molecule has 2 heterocycles. The van der Waals surface area contributed by atoms with Crippen LogP contribution in [0, 0.1) is 0 Å². The standard InChI is InChI=1S/C15H29N3O/c1-16-14-8-7-9-17(12-14)13-15(19)18-10-5-3-2-4-6-11-18/h14,16H,2-13H2,1H3. The van der Waals surface area contributed by atoms with Gasteiger partial charge in [0.25, 0.3) is 0 Å². The highest BCUT2D eigenvalue weighted by Crippen LogP contribution is 2.13. The minimum atomic E-state index is 0.346. The molecular weight excluding hydrogens is 238 g/mol. The van der Waals surface area contributed by atoms with Crippen molar-refractivity contribution in [3.63, 3.8) is 0 Å². The Bertz CT molecular complexity index is 275. The molecule has 2 rings (SSSR count). The highest BCUT2D eigenvalue weighted by atomic mass is 16.2. The number of amides is 1. The normalized spacial score (nSPS) is 26.8. The molecule has 2 saturated heterocycles. The summed E-state index contributed by atoms with van der Waals surface area (Å²) in [5, 5.41) is 3.34. The first-order valence-corrected chi connectivity index (χ1v) is 7.97. The predicted molar refractivity (Wildman–Crippen MR) is 78.2 cm³/mol. The van der Waals surface area contributed by atoms with Gasteiger partial charge in [0.2, 0.25) is 5.91 Å². The fourth-order valence-corrected chi connectivity index (χ4v) is 3.22. The lowest BCUT2D eigenvalue weighted by Crippen LogP contribution is -2.49. The predicted octanol–water partition coefficient (Wildman–Crippen LogP) is 1.46. The van der Waals surface area contributed by atoms with E-state index in [0.717, 1.165) is 26.2 Å². The van der Waals surface area contributed by atoms with Gasteiger partial charge in [-0.05, 0) is 39.3 Å². The van der Waals surface area contributed by atoms with Gasteiger partial charge in [0.15, 0.2) is 0 Å². The minimum Gasteiger partial charge on any atom is -0.342 e. The Labute approximate surface area is 117 Å². The minimum absolute atomic E-state index is 0.346. The third kappa shape index (κ3) is 4.77. The largest absolute Gasteiger partial charge is 0.342 e. The maximum absolute atomic E-state index is 12.4. The highest BCUT2D eigenvalue weighted by Gasteiger charge is 2.22. The molecule has 2 fully saturated rings. The number of carbonyl (C=O) groups excluding carboxylic acids is 1. The number of likely N-dealkylation sites (N-methyl/N-ethyl adjacent to an activating group) is 1. The fraction of sp³-hybridized carbons (Fsp3) is 0.933. The molecule has 2 aliphatic heterocycles. The zero-order valence-electron chi connectivity index (χ0n) is 12.4. The van der Waals surface area contributed by atoms with Crippen LogP contribution in [0.5, 0.6) is 0 Å². The Morgan fingerprint density at radius 1 is 1.05 bits per heavy atom. The number of carbonyl (C=O) groups is 1. The third-order valence-electron chi connectivity index (χ3n) is 4.48. The topological polar surface area (TPSA) is 35.6 Å². The molecule has 0 aromatic heterocycles. The maximum atomic E-state index is 12.4. The summed E-state index contributed by atoms with van der Waals surface area (Å²) in [7, 11) is 2.02. The van der Waals surface area contributed by atoms with Crippen molar-refractivity contribution in [2.45, 2.75) is 51.0 Å². The lowest BCUT2D eigenvalue weighted by atomic mass is 10.1. The van der Waals surface area contributed by atoms with E-state index in [4.69, 9.17) is 0 Å². The van der Waals surface area contributed by atoms with Gasteiger partial charge in [-0.15, -0.1) is 0 Å². The molecule has 19 heavy (non-hydrogen) atoms. The van der Waals surface area contributed by atoms with Gasteiger partial charge >= 0.3 is 0 Å². The van der Waals surface area contributed by atoms with E-state index in [1.165, 1.54) is 44.9 Å². The molecule has 0 radical (unpaired) electrons. The van der Waals surface area contributed by atoms with Crippen LogP contribution in [0.25, 0.3) is 0 Å². The number of nitrogens with one attached hydrogen (secondary N) is 1. The average molecular weight is 267 g/mol. The van der Waals surface area contributed by atoms with E-state index in [-0.39, 0.29) is 0 Å². The number of rotatable bonds is 3. The SMILES string of the molecule is CNC1CCCN(CC(=O)N2CCCCCCC2)C1. The van der Waals surface area contributed by atoms with Crippen LogP contribution < -0.4 is 5.32 Å². The molecule has 1 unspecified atom stereocenters. The molecule has 2 aliphatic rings. The summed E-state index contributed by atoms with van der Waals surface area (Å²) in [4.78, 5) is 16.8. The van der Waals surface area contributed by atoms with Gasteiger partial charge in [0.1, 0.15) is 0 Å². The van der Waals surface area contributed by atoms with E-state index in [0.29, 0.717) is 18.5 Å². The van der Waals surface area contributed by atoms with Gasteiger partial charge in [0.05, 0.1) is 6.54 Å². The van der Waals surface area contributed by atoms with Crippen molar-refractivity contribution in [2.24, 2.45) is 0 Å². The zero-order valence-corrected chi connectivity index (χ0v) is 12.4. The second-order valence-corrected chi connectivity index (χ2v) is 6.01. The second-order valence-electron chi connectivity index (χ2n) is 6.01. The third-order valence-corrected chi connectivity index (χ3v) is 4.48. The molecule has 0 spiro atoms. The number of piperidine rings is 1. The van der Waals surface area contributed by atoms with Crippen LogP contribution in [-0.4, -0.2) is 61.5 Å². The fourth-order valence-electron chi connectivity index (χ4n) is 3.22. The van der Waals surface area contributed by atoms with E-state index in [1.807, 2.05) is 7.05 Å². The summed E-state index contributed by atoms with van der Waals surface area (Å²) in [6.07, 6.45) is 8.74. The Morgan fingerprint density at radius 3 is 2.42 bits per heavy atom. The van der Waals surface area contributed by atoms with Crippen molar-refractivity contribution in [1.82, 2.24) is 15.1 Å². The highest BCUT2D eigenvalue weighted by molar-refractivity contribution is 5.78. The van der Waals surface area contributed by atoms with Gasteiger partial charge in [-0.2, -0.15) is 0 Å². The molecule has 110 valence electrons. The summed E-state index contributed by atoms with van der Waals surface area (Å²) in [6.45, 7) is 4.68. The summed E-state index contributed by atoms with van der Waals surface area (Å²) in [5.74, 6) is 0.346. The van der Waals surface area contributed by atoms with Crippen molar-refractivity contribution in [2.75, 3.05) is 39.8 Å². The molecule has 0 aliphatic carbocycles. The van der Waals surface area contributed by atoms with Crippen molar-refractivity contribution in [1.29, 1.82) is 0 Å². The summed E-state index contributed by atoms with van der Waals surface area (Å²) in [6, 6.07) is 0.564. The first-order valence-electron chi connectivity index (χ1n) is 7.97. The molecule has 0 aromatic carbocycles. The van der Waals surface area contributed by atoms with Gasteiger partial charge in [-0.3, -0.25) is 9.69 Å². The first-order chi connectivity index (χ1) is 9.29. The van der Waals surface area contributed by atoms with Crippen molar-refractivity contribution in [3.8, 4) is 0 Å². The van der Waals surface area contributed by atoms with Crippen molar-refractivity contribution >= 4 is 5.91 Å². The van der Waals surface area contributed by atoms with Crippen LogP contribution in [0.3, 0.4) is 0 Å². The van der Waals surface area contributed by atoms with Crippen molar-refractivity contribution < 1.29 is 4.79 Å².